The molecule has 0 saturated heterocycles. The van der Waals surface area contributed by atoms with Crippen molar-refractivity contribution in [2.75, 3.05) is 0 Å². The van der Waals surface area contributed by atoms with Gasteiger partial charge in [-0.1, -0.05) is 12.1 Å². The molecule has 0 atom stereocenters. The van der Waals surface area contributed by atoms with Crippen molar-refractivity contribution < 1.29 is 8.78 Å². The van der Waals surface area contributed by atoms with Crippen molar-refractivity contribution in [3.8, 4) is 10.6 Å². The van der Waals surface area contributed by atoms with Gasteiger partial charge in [0, 0.05) is 11.6 Å². The van der Waals surface area contributed by atoms with Gasteiger partial charge in [0.2, 0.25) is 0 Å². The summed E-state index contributed by atoms with van der Waals surface area (Å²) in [6.45, 7) is 3.99. The molecule has 0 fully saturated rings. The zero-order chi connectivity index (χ0) is 13.6. The predicted octanol–water partition coefficient (Wildman–Crippen LogP) is 4.86. The van der Waals surface area contributed by atoms with Crippen LogP contribution in [-0.4, -0.2) is 4.98 Å². The summed E-state index contributed by atoms with van der Waals surface area (Å²) in [4.78, 5) is 4.51. The average Bonchev–Trinajstić information content (AvgIpc) is 2.79. The fourth-order valence-corrected chi connectivity index (χ4v) is 3.16. The number of fused-ring (bicyclic) bond motifs is 1. The lowest BCUT2D eigenvalue weighted by atomic mass is 10.1. The zero-order valence-corrected chi connectivity index (χ0v) is 11.3. The molecule has 0 saturated carbocycles. The summed E-state index contributed by atoms with van der Waals surface area (Å²) in [6, 6.07) is 7.53. The van der Waals surface area contributed by atoms with E-state index in [1.165, 1.54) is 23.5 Å². The summed E-state index contributed by atoms with van der Waals surface area (Å²) >= 11 is 1.46. The van der Waals surface area contributed by atoms with Crippen LogP contribution in [0.15, 0.2) is 30.3 Å². The van der Waals surface area contributed by atoms with E-state index >= 15 is 0 Å². The number of rotatable bonds is 1. The second-order valence-electron chi connectivity index (χ2n) is 4.55. The predicted molar refractivity (Wildman–Crippen MR) is 74.4 cm³/mol. The van der Waals surface area contributed by atoms with Crippen LogP contribution in [0.5, 0.6) is 0 Å². The summed E-state index contributed by atoms with van der Waals surface area (Å²) in [5.41, 5.74) is 3.59. The van der Waals surface area contributed by atoms with Gasteiger partial charge in [-0.25, -0.2) is 13.8 Å². The highest BCUT2D eigenvalue weighted by Gasteiger charge is 2.11. The van der Waals surface area contributed by atoms with Crippen molar-refractivity contribution in [1.82, 2.24) is 4.98 Å². The third-order valence-electron chi connectivity index (χ3n) is 3.05. The molecule has 0 aliphatic heterocycles. The number of hydrogen-bond acceptors (Lipinski definition) is 2. The lowest BCUT2D eigenvalue weighted by molar-refractivity contribution is 0.584. The zero-order valence-electron chi connectivity index (χ0n) is 10.5. The molecule has 2 aromatic carbocycles. The van der Waals surface area contributed by atoms with Crippen LogP contribution in [-0.2, 0) is 0 Å². The topological polar surface area (TPSA) is 12.9 Å². The summed E-state index contributed by atoms with van der Waals surface area (Å²) in [7, 11) is 0. The lowest BCUT2D eigenvalue weighted by Gasteiger charge is -1.97. The SMILES string of the molecule is Cc1ccc(C)c2sc(-c3cc(F)cc(F)c3)nc12. The van der Waals surface area contributed by atoms with E-state index in [4.69, 9.17) is 0 Å². The molecule has 0 aliphatic rings. The van der Waals surface area contributed by atoms with E-state index < -0.39 is 11.6 Å². The Balaban J connectivity index is 2.26. The Hall–Kier alpha value is -1.81. The van der Waals surface area contributed by atoms with Gasteiger partial charge in [0.05, 0.1) is 10.2 Å². The number of halogens is 2. The number of aryl methyl sites for hydroxylation is 2. The number of nitrogens with zero attached hydrogens (tertiary/aromatic N) is 1. The van der Waals surface area contributed by atoms with E-state index in [0.717, 1.165) is 27.4 Å². The molecule has 19 heavy (non-hydrogen) atoms. The van der Waals surface area contributed by atoms with E-state index in [1.54, 1.807) is 0 Å². The summed E-state index contributed by atoms with van der Waals surface area (Å²) in [5.74, 6) is -1.16. The van der Waals surface area contributed by atoms with Gasteiger partial charge in [0.25, 0.3) is 0 Å². The van der Waals surface area contributed by atoms with Crippen LogP contribution in [0.3, 0.4) is 0 Å². The molecule has 4 heteroatoms. The fourth-order valence-electron chi connectivity index (χ4n) is 2.06. The average molecular weight is 275 g/mol. The van der Waals surface area contributed by atoms with Gasteiger partial charge in [-0.15, -0.1) is 11.3 Å². The first-order chi connectivity index (χ1) is 9.04. The first-order valence-corrected chi connectivity index (χ1v) is 6.69. The number of aromatic nitrogens is 1. The summed E-state index contributed by atoms with van der Waals surface area (Å²) in [5, 5.41) is 0.644. The van der Waals surface area contributed by atoms with Gasteiger partial charge in [-0.2, -0.15) is 0 Å². The first kappa shape index (κ1) is 12.2. The van der Waals surface area contributed by atoms with E-state index in [1.807, 2.05) is 26.0 Å². The van der Waals surface area contributed by atoms with Crippen LogP contribution >= 0.6 is 11.3 Å². The van der Waals surface area contributed by atoms with Gasteiger partial charge < -0.3 is 0 Å². The molecule has 0 radical (unpaired) electrons. The molecule has 1 heterocycles. The summed E-state index contributed by atoms with van der Waals surface area (Å²) < 4.78 is 27.6. The van der Waals surface area contributed by atoms with E-state index in [0.29, 0.717) is 10.6 Å². The Morgan fingerprint density at radius 2 is 1.58 bits per heavy atom. The molecular weight excluding hydrogens is 264 g/mol. The van der Waals surface area contributed by atoms with Crippen molar-refractivity contribution in [3.05, 3.63) is 53.1 Å². The van der Waals surface area contributed by atoms with Gasteiger partial charge in [-0.05, 0) is 37.1 Å². The van der Waals surface area contributed by atoms with Crippen LogP contribution in [0.2, 0.25) is 0 Å². The van der Waals surface area contributed by atoms with Crippen LogP contribution < -0.4 is 0 Å². The molecule has 1 aromatic heterocycles. The molecule has 0 bridgehead atoms. The van der Waals surface area contributed by atoms with Crippen molar-refractivity contribution in [2.45, 2.75) is 13.8 Å². The Labute approximate surface area is 113 Å². The quantitative estimate of drug-likeness (QED) is 0.618. The minimum Gasteiger partial charge on any atom is -0.236 e. The standard InChI is InChI=1S/C15H11F2NS/c1-8-3-4-9(2)14-13(8)18-15(19-14)10-5-11(16)7-12(17)6-10/h3-7H,1-2H3. The monoisotopic (exact) mass is 275 g/mol. The van der Waals surface area contributed by atoms with Gasteiger partial charge in [0.1, 0.15) is 16.6 Å². The first-order valence-electron chi connectivity index (χ1n) is 5.88. The van der Waals surface area contributed by atoms with Gasteiger partial charge in [-0.3, -0.25) is 0 Å². The molecule has 0 spiro atoms. The van der Waals surface area contributed by atoms with Crippen molar-refractivity contribution in [1.29, 1.82) is 0 Å². The molecule has 3 aromatic rings. The van der Waals surface area contributed by atoms with Gasteiger partial charge in [0.15, 0.2) is 0 Å². The normalized spacial score (nSPS) is 11.2. The molecule has 0 N–H and O–H groups in total. The molecule has 96 valence electrons. The van der Waals surface area contributed by atoms with Crippen molar-refractivity contribution in [2.24, 2.45) is 0 Å². The fraction of sp³-hybridized carbons (Fsp3) is 0.133. The maximum absolute atomic E-state index is 13.3. The van der Waals surface area contributed by atoms with E-state index in [9.17, 15) is 8.78 Å². The maximum Gasteiger partial charge on any atom is 0.126 e. The maximum atomic E-state index is 13.3. The summed E-state index contributed by atoms with van der Waals surface area (Å²) in [6.07, 6.45) is 0. The molecule has 1 nitrogen and oxygen atoms in total. The highest BCUT2D eigenvalue weighted by atomic mass is 32.1. The highest BCUT2D eigenvalue weighted by Crippen LogP contribution is 2.34. The van der Waals surface area contributed by atoms with Crippen LogP contribution in [0.4, 0.5) is 8.78 Å². The largest absolute Gasteiger partial charge is 0.236 e. The second kappa shape index (κ2) is 4.38. The third kappa shape index (κ3) is 2.12. The Kier molecular flexibility index (Phi) is 2.82. The minimum absolute atomic E-state index is 0.484. The Bertz CT molecular complexity index is 718. The number of benzene rings is 2. The van der Waals surface area contributed by atoms with E-state index in [2.05, 4.69) is 4.98 Å². The van der Waals surface area contributed by atoms with Crippen LogP contribution in [0.1, 0.15) is 11.1 Å². The number of thiazole rings is 1. The van der Waals surface area contributed by atoms with Gasteiger partial charge >= 0.3 is 0 Å². The Morgan fingerprint density at radius 1 is 0.947 bits per heavy atom. The third-order valence-corrected chi connectivity index (χ3v) is 4.29. The second-order valence-corrected chi connectivity index (χ2v) is 5.55. The van der Waals surface area contributed by atoms with Crippen molar-refractivity contribution in [3.63, 3.8) is 0 Å². The van der Waals surface area contributed by atoms with Crippen molar-refractivity contribution >= 4 is 21.6 Å². The molecule has 0 unspecified atom stereocenters. The smallest absolute Gasteiger partial charge is 0.126 e. The van der Waals surface area contributed by atoms with E-state index in [-0.39, 0.29) is 0 Å². The highest BCUT2D eigenvalue weighted by molar-refractivity contribution is 7.21. The number of hydrogen-bond donors (Lipinski definition) is 0. The molecule has 0 amide bonds. The molecule has 3 rings (SSSR count). The Morgan fingerprint density at radius 3 is 2.21 bits per heavy atom. The van der Waals surface area contributed by atoms with Crippen LogP contribution in [0, 0.1) is 25.5 Å². The minimum atomic E-state index is -0.581. The van der Waals surface area contributed by atoms with Crippen LogP contribution in [0.25, 0.3) is 20.8 Å². The molecule has 0 aliphatic carbocycles. The molecular formula is C15H11F2NS. The lowest BCUT2D eigenvalue weighted by Crippen LogP contribution is -1.83.